The number of sulfone groups is 1. The van der Waals surface area contributed by atoms with Crippen LogP contribution in [0, 0.1) is 19.7 Å². The number of carbonyl (C=O) groups excluding carboxylic acids is 1. The molecule has 170 valence electrons. The number of anilines is 1. The molecule has 0 saturated heterocycles. The van der Waals surface area contributed by atoms with Gasteiger partial charge in [0, 0.05) is 35.4 Å². The maximum absolute atomic E-state index is 13.6. The van der Waals surface area contributed by atoms with Crippen molar-refractivity contribution in [2.45, 2.75) is 38.2 Å². The number of halogens is 2. The molecule has 0 spiro atoms. The molecule has 0 aliphatic carbocycles. The van der Waals surface area contributed by atoms with Gasteiger partial charge in [-0.3, -0.25) is 4.79 Å². The fourth-order valence-corrected chi connectivity index (χ4v) is 4.97. The molecule has 0 aliphatic heterocycles. The number of aliphatic hydroxyl groups excluding tert-OH is 1. The lowest BCUT2D eigenvalue weighted by molar-refractivity contribution is 0.102. The zero-order valence-electron chi connectivity index (χ0n) is 18.1. The molecule has 3 aromatic rings. The first kappa shape index (κ1) is 24.0. The van der Waals surface area contributed by atoms with Gasteiger partial charge in [-0.1, -0.05) is 11.6 Å². The molecule has 6 nitrogen and oxygen atoms in total. The van der Waals surface area contributed by atoms with Gasteiger partial charge in [0.05, 0.1) is 21.6 Å². The lowest BCUT2D eigenvalue weighted by Crippen LogP contribution is -2.14. The van der Waals surface area contributed by atoms with Gasteiger partial charge in [-0.2, -0.15) is 0 Å². The van der Waals surface area contributed by atoms with E-state index in [1.807, 2.05) is 4.57 Å². The van der Waals surface area contributed by atoms with Crippen molar-refractivity contribution in [3.8, 4) is 5.69 Å². The monoisotopic (exact) mass is 478 g/mol. The van der Waals surface area contributed by atoms with Crippen molar-refractivity contribution >= 4 is 33.0 Å². The Bertz CT molecular complexity index is 1300. The van der Waals surface area contributed by atoms with Crippen molar-refractivity contribution in [3.63, 3.8) is 0 Å². The summed E-state index contributed by atoms with van der Waals surface area (Å²) in [6.45, 7) is 5.19. The molecule has 1 aromatic heterocycles. The smallest absolute Gasteiger partial charge is 0.257 e. The van der Waals surface area contributed by atoms with Crippen LogP contribution < -0.4 is 5.32 Å². The zero-order valence-corrected chi connectivity index (χ0v) is 19.7. The van der Waals surface area contributed by atoms with Crippen molar-refractivity contribution in [2.24, 2.45) is 0 Å². The van der Waals surface area contributed by atoms with Crippen molar-refractivity contribution in [2.75, 3.05) is 11.6 Å². The van der Waals surface area contributed by atoms with Gasteiger partial charge in [-0.15, -0.1) is 0 Å². The molecule has 0 aliphatic rings. The number of aliphatic hydroxyl groups is 1. The van der Waals surface area contributed by atoms with E-state index in [9.17, 15) is 22.7 Å². The number of aromatic nitrogens is 1. The summed E-state index contributed by atoms with van der Waals surface area (Å²) < 4.78 is 38.9. The van der Waals surface area contributed by atoms with E-state index >= 15 is 0 Å². The maximum Gasteiger partial charge on any atom is 0.257 e. The Morgan fingerprint density at radius 1 is 1.19 bits per heavy atom. The topological polar surface area (TPSA) is 88.4 Å². The van der Waals surface area contributed by atoms with E-state index in [2.05, 4.69) is 5.32 Å². The fraction of sp³-hybridized carbons (Fsp3) is 0.261. The number of nitrogens with zero attached hydrogens (tertiary/aromatic N) is 1. The highest BCUT2D eigenvalue weighted by molar-refractivity contribution is 7.90. The number of rotatable bonds is 6. The molecule has 2 N–H and O–H groups in total. The van der Waals surface area contributed by atoms with Crippen LogP contribution in [0.1, 0.15) is 34.2 Å². The van der Waals surface area contributed by atoms with Gasteiger partial charge < -0.3 is 15.0 Å². The minimum atomic E-state index is -3.49. The molecular formula is C23H24ClFN2O4S. The first-order valence-corrected chi connectivity index (χ1v) is 12.1. The predicted octanol–water partition coefficient (Wildman–Crippen LogP) is 4.47. The number of amides is 1. The predicted molar refractivity (Wildman–Crippen MR) is 123 cm³/mol. The highest BCUT2D eigenvalue weighted by Crippen LogP contribution is 2.28. The summed E-state index contributed by atoms with van der Waals surface area (Å²) in [6, 6.07) is 10.3. The second kappa shape index (κ2) is 9.05. The van der Waals surface area contributed by atoms with Crippen molar-refractivity contribution in [3.05, 3.63) is 75.8 Å². The first-order valence-electron chi connectivity index (χ1n) is 9.85. The lowest BCUT2D eigenvalue weighted by Gasteiger charge is -2.15. The third-order valence-corrected chi connectivity index (χ3v) is 6.64. The zero-order chi connectivity index (χ0) is 23.8. The molecule has 0 radical (unpaired) electrons. The standard InChI is InChI=1S/C23H24ClFN2O4S/c1-13-9-16(25)5-7-21(13)27-15(3)19(12-18(27)10-14(2)28)23(29)26-17-6-8-22(20(24)11-17)32(4,30)31/h5-9,11-12,14,28H,10H2,1-4H3,(H,26,29). The second-order valence-electron chi connectivity index (χ2n) is 7.83. The number of benzene rings is 2. The quantitative estimate of drug-likeness (QED) is 0.547. The van der Waals surface area contributed by atoms with E-state index in [0.29, 0.717) is 40.3 Å². The molecule has 9 heteroatoms. The molecular weight excluding hydrogens is 455 g/mol. The molecule has 1 heterocycles. The van der Waals surface area contributed by atoms with E-state index in [1.165, 1.54) is 30.3 Å². The van der Waals surface area contributed by atoms with Crippen LogP contribution in [0.5, 0.6) is 0 Å². The second-order valence-corrected chi connectivity index (χ2v) is 10.2. The Balaban J connectivity index is 2.02. The Morgan fingerprint density at radius 3 is 2.44 bits per heavy atom. The van der Waals surface area contributed by atoms with Crippen molar-refractivity contribution < 1.29 is 22.7 Å². The van der Waals surface area contributed by atoms with Crippen LogP contribution in [-0.4, -0.2) is 36.4 Å². The SMILES string of the molecule is Cc1cc(F)ccc1-n1c(CC(C)O)cc(C(=O)Nc2ccc(S(C)(=O)=O)c(Cl)c2)c1C. The number of hydrogen-bond donors (Lipinski definition) is 2. The molecule has 1 atom stereocenters. The minimum Gasteiger partial charge on any atom is -0.393 e. The van der Waals surface area contributed by atoms with E-state index < -0.39 is 21.8 Å². The summed E-state index contributed by atoms with van der Waals surface area (Å²) in [4.78, 5) is 13.0. The van der Waals surface area contributed by atoms with E-state index in [-0.39, 0.29) is 15.7 Å². The lowest BCUT2D eigenvalue weighted by atomic mass is 10.1. The van der Waals surface area contributed by atoms with Gasteiger partial charge in [0.2, 0.25) is 0 Å². The fourth-order valence-electron chi connectivity index (χ4n) is 3.64. The summed E-state index contributed by atoms with van der Waals surface area (Å²) in [6.07, 6.45) is 0.696. The number of aryl methyl sites for hydroxylation is 1. The average Bonchev–Trinajstić information content (AvgIpc) is 2.96. The minimum absolute atomic E-state index is 0.0105. The van der Waals surface area contributed by atoms with Crippen LogP contribution in [0.15, 0.2) is 47.4 Å². The summed E-state index contributed by atoms with van der Waals surface area (Å²) in [5.41, 5.74) is 3.42. The Kier molecular flexibility index (Phi) is 6.78. The summed E-state index contributed by atoms with van der Waals surface area (Å²) in [7, 11) is -3.49. The summed E-state index contributed by atoms with van der Waals surface area (Å²) in [5.74, 6) is -0.781. The largest absolute Gasteiger partial charge is 0.393 e. The Labute approximate surface area is 191 Å². The van der Waals surface area contributed by atoms with Crippen LogP contribution in [0.2, 0.25) is 5.02 Å². The number of carbonyl (C=O) groups is 1. The Morgan fingerprint density at radius 2 is 1.88 bits per heavy atom. The summed E-state index contributed by atoms with van der Waals surface area (Å²) in [5, 5.41) is 12.7. The van der Waals surface area contributed by atoms with E-state index in [4.69, 9.17) is 11.6 Å². The number of nitrogens with one attached hydrogen (secondary N) is 1. The molecule has 1 amide bonds. The van der Waals surface area contributed by atoms with Crippen LogP contribution in [0.4, 0.5) is 10.1 Å². The molecule has 2 aromatic carbocycles. The maximum atomic E-state index is 13.6. The van der Waals surface area contributed by atoms with Crippen LogP contribution >= 0.6 is 11.6 Å². The van der Waals surface area contributed by atoms with Crippen LogP contribution in [0.25, 0.3) is 5.69 Å². The van der Waals surface area contributed by atoms with Gasteiger partial charge in [-0.25, -0.2) is 12.8 Å². The van der Waals surface area contributed by atoms with Crippen molar-refractivity contribution in [1.29, 1.82) is 0 Å². The molecule has 0 bridgehead atoms. The average molecular weight is 479 g/mol. The highest BCUT2D eigenvalue weighted by atomic mass is 35.5. The normalized spacial score (nSPS) is 12.6. The third kappa shape index (κ3) is 5.03. The first-order chi connectivity index (χ1) is 14.9. The van der Waals surface area contributed by atoms with Crippen LogP contribution in [0.3, 0.4) is 0 Å². The number of hydrogen-bond acceptors (Lipinski definition) is 4. The highest BCUT2D eigenvalue weighted by Gasteiger charge is 2.21. The van der Waals surface area contributed by atoms with Gasteiger partial charge in [0.15, 0.2) is 9.84 Å². The van der Waals surface area contributed by atoms with Gasteiger partial charge in [0.25, 0.3) is 5.91 Å². The van der Waals surface area contributed by atoms with E-state index in [0.717, 1.165) is 6.26 Å². The van der Waals surface area contributed by atoms with Crippen molar-refractivity contribution in [1.82, 2.24) is 4.57 Å². The van der Waals surface area contributed by atoms with Gasteiger partial charge in [-0.05, 0) is 68.8 Å². The molecule has 0 fully saturated rings. The van der Waals surface area contributed by atoms with Crippen LogP contribution in [-0.2, 0) is 16.3 Å². The summed E-state index contributed by atoms with van der Waals surface area (Å²) >= 11 is 6.08. The molecule has 0 saturated carbocycles. The van der Waals surface area contributed by atoms with Gasteiger partial charge in [0.1, 0.15) is 5.82 Å². The third-order valence-electron chi connectivity index (χ3n) is 5.06. The molecule has 32 heavy (non-hydrogen) atoms. The molecule has 3 rings (SSSR count). The van der Waals surface area contributed by atoms with Gasteiger partial charge >= 0.3 is 0 Å². The molecule has 1 unspecified atom stereocenters. The van der Waals surface area contributed by atoms with E-state index in [1.54, 1.807) is 32.9 Å². The Hall–Kier alpha value is -2.68.